The average molecular weight is 401 g/mol. The maximum absolute atomic E-state index is 12.3. The summed E-state index contributed by atoms with van der Waals surface area (Å²) in [5.74, 6) is -0.956. The van der Waals surface area contributed by atoms with E-state index in [0.717, 1.165) is 16.7 Å². The fourth-order valence-electron chi connectivity index (χ4n) is 2.94. The van der Waals surface area contributed by atoms with Crippen LogP contribution >= 0.6 is 0 Å². The highest BCUT2D eigenvalue weighted by atomic mass is 16.5. The Labute approximate surface area is 175 Å². The zero-order valence-corrected chi connectivity index (χ0v) is 16.9. The minimum atomic E-state index is -0.937. The molecule has 152 valence electrons. The summed E-state index contributed by atoms with van der Waals surface area (Å²) in [4.78, 5) is 35.8. The second-order valence-electron chi connectivity index (χ2n) is 6.99. The summed E-state index contributed by atoms with van der Waals surface area (Å²) >= 11 is 0. The number of hydrogen-bond donors (Lipinski definition) is 1. The molecule has 5 nitrogen and oxygen atoms in total. The third-order valence-corrected chi connectivity index (χ3v) is 4.65. The molecule has 1 amide bonds. The quantitative estimate of drug-likeness (QED) is 0.461. The van der Waals surface area contributed by atoms with E-state index in [1.54, 1.807) is 24.3 Å². The van der Waals surface area contributed by atoms with Crippen LogP contribution in [0.3, 0.4) is 0 Å². The molecule has 0 spiro atoms. The van der Waals surface area contributed by atoms with Crippen LogP contribution < -0.4 is 5.32 Å². The Morgan fingerprint density at radius 2 is 1.43 bits per heavy atom. The van der Waals surface area contributed by atoms with E-state index in [-0.39, 0.29) is 12.2 Å². The van der Waals surface area contributed by atoms with Crippen LogP contribution in [-0.2, 0) is 20.7 Å². The minimum Gasteiger partial charge on any atom is -0.452 e. The first kappa shape index (κ1) is 21.0. The van der Waals surface area contributed by atoms with Crippen molar-refractivity contribution in [2.45, 2.75) is 26.4 Å². The van der Waals surface area contributed by atoms with Gasteiger partial charge >= 0.3 is 5.97 Å². The summed E-state index contributed by atoms with van der Waals surface area (Å²) in [7, 11) is 0. The number of esters is 1. The Balaban J connectivity index is 1.52. The molecule has 3 rings (SSSR count). The van der Waals surface area contributed by atoms with E-state index in [2.05, 4.69) is 5.32 Å². The molecule has 3 aromatic rings. The predicted molar refractivity (Wildman–Crippen MR) is 116 cm³/mol. The van der Waals surface area contributed by atoms with E-state index in [4.69, 9.17) is 4.74 Å². The Morgan fingerprint density at radius 1 is 0.833 bits per heavy atom. The number of nitrogens with one attached hydrogen (secondary N) is 1. The number of anilines is 1. The maximum atomic E-state index is 12.3. The lowest BCUT2D eigenvalue weighted by Gasteiger charge is -2.14. The first-order valence-corrected chi connectivity index (χ1v) is 9.68. The van der Waals surface area contributed by atoms with Crippen molar-refractivity contribution in [1.82, 2.24) is 0 Å². The fraction of sp³-hybridized carbons (Fsp3) is 0.160. The number of rotatable bonds is 7. The van der Waals surface area contributed by atoms with Gasteiger partial charge in [-0.15, -0.1) is 0 Å². The number of amides is 1. The van der Waals surface area contributed by atoms with Crippen LogP contribution in [-0.4, -0.2) is 23.8 Å². The van der Waals surface area contributed by atoms with Gasteiger partial charge in [-0.3, -0.25) is 14.4 Å². The summed E-state index contributed by atoms with van der Waals surface area (Å²) in [6, 6.07) is 24.2. The van der Waals surface area contributed by atoms with Gasteiger partial charge in [-0.1, -0.05) is 54.6 Å². The van der Waals surface area contributed by atoms with Gasteiger partial charge in [-0.2, -0.15) is 0 Å². The highest BCUT2D eigenvalue weighted by Crippen LogP contribution is 2.19. The van der Waals surface area contributed by atoms with Gasteiger partial charge in [0.05, 0.1) is 6.42 Å². The number of hydrogen-bond acceptors (Lipinski definition) is 4. The van der Waals surface area contributed by atoms with Crippen molar-refractivity contribution in [3.8, 4) is 11.1 Å². The number of ketones is 1. The SMILES string of the molecule is CC(=O)c1ccc(NC(=O)C(C)OC(=O)Cc2ccc(-c3ccccc3)cc2)cc1. The van der Waals surface area contributed by atoms with Gasteiger partial charge in [0.2, 0.25) is 0 Å². The van der Waals surface area contributed by atoms with Crippen molar-refractivity contribution >= 4 is 23.3 Å². The van der Waals surface area contributed by atoms with Crippen molar-refractivity contribution < 1.29 is 19.1 Å². The number of carbonyl (C=O) groups excluding carboxylic acids is 3. The molecule has 5 heteroatoms. The Bertz CT molecular complexity index is 1030. The third kappa shape index (κ3) is 5.64. The summed E-state index contributed by atoms with van der Waals surface area (Å²) in [6.45, 7) is 3.00. The summed E-state index contributed by atoms with van der Waals surface area (Å²) in [6.07, 6.45) is -0.853. The molecule has 0 aliphatic carbocycles. The molecule has 0 aliphatic rings. The number of carbonyl (C=O) groups is 3. The average Bonchev–Trinajstić information content (AvgIpc) is 2.75. The van der Waals surface area contributed by atoms with E-state index >= 15 is 0 Å². The van der Waals surface area contributed by atoms with Crippen molar-refractivity contribution in [3.63, 3.8) is 0 Å². The molecule has 0 radical (unpaired) electrons. The van der Waals surface area contributed by atoms with E-state index in [0.29, 0.717) is 11.3 Å². The van der Waals surface area contributed by atoms with Gasteiger partial charge in [0.25, 0.3) is 5.91 Å². The van der Waals surface area contributed by atoms with E-state index in [1.165, 1.54) is 13.8 Å². The first-order valence-electron chi connectivity index (χ1n) is 9.68. The summed E-state index contributed by atoms with van der Waals surface area (Å²) < 4.78 is 5.26. The lowest BCUT2D eigenvalue weighted by molar-refractivity contribution is -0.152. The molecule has 0 saturated carbocycles. The lowest BCUT2D eigenvalue weighted by atomic mass is 10.0. The van der Waals surface area contributed by atoms with Gasteiger partial charge in [0.15, 0.2) is 11.9 Å². The maximum Gasteiger partial charge on any atom is 0.311 e. The highest BCUT2D eigenvalue weighted by Gasteiger charge is 2.18. The number of benzene rings is 3. The van der Waals surface area contributed by atoms with Gasteiger partial charge in [0.1, 0.15) is 0 Å². The molecule has 3 aromatic carbocycles. The molecule has 0 saturated heterocycles. The molecule has 30 heavy (non-hydrogen) atoms. The summed E-state index contributed by atoms with van der Waals surface area (Å²) in [5, 5.41) is 2.68. The van der Waals surface area contributed by atoms with Crippen molar-refractivity contribution in [3.05, 3.63) is 90.0 Å². The van der Waals surface area contributed by atoms with Crippen LogP contribution in [0.25, 0.3) is 11.1 Å². The standard InChI is InChI=1S/C25H23NO4/c1-17(27)20-12-14-23(15-13-20)26-25(29)18(2)30-24(28)16-19-8-10-22(11-9-19)21-6-4-3-5-7-21/h3-15,18H,16H2,1-2H3,(H,26,29). The summed E-state index contributed by atoms with van der Waals surface area (Å²) in [5.41, 5.74) is 4.08. The minimum absolute atomic E-state index is 0.0491. The second-order valence-corrected chi connectivity index (χ2v) is 6.99. The lowest BCUT2D eigenvalue weighted by Crippen LogP contribution is -2.30. The van der Waals surface area contributed by atoms with Crippen molar-refractivity contribution in [2.24, 2.45) is 0 Å². The van der Waals surface area contributed by atoms with Crippen LogP contribution in [0.1, 0.15) is 29.8 Å². The first-order chi connectivity index (χ1) is 14.4. The Kier molecular flexibility index (Phi) is 6.75. The highest BCUT2D eigenvalue weighted by molar-refractivity contribution is 5.97. The van der Waals surface area contributed by atoms with Gasteiger partial charge in [-0.05, 0) is 54.8 Å². The molecular formula is C25H23NO4. The molecule has 1 atom stereocenters. The number of ether oxygens (including phenoxy) is 1. The Morgan fingerprint density at radius 3 is 2.03 bits per heavy atom. The van der Waals surface area contributed by atoms with Crippen molar-refractivity contribution in [2.75, 3.05) is 5.32 Å². The van der Waals surface area contributed by atoms with Crippen LogP contribution in [0.5, 0.6) is 0 Å². The van der Waals surface area contributed by atoms with Crippen LogP contribution in [0.15, 0.2) is 78.9 Å². The molecule has 1 N–H and O–H groups in total. The second kappa shape index (κ2) is 9.65. The molecule has 0 bridgehead atoms. The van der Waals surface area contributed by atoms with Crippen molar-refractivity contribution in [1.29, 1.82) is 0 Å². The zero-order chi connectivity index (χ0) is 21.5. The molecule has 0 aromatic heterocycles. The van der Waals surface area contributed by atoms with Crippen LogP contribution in [0, 0.1) is 0 Å². The monoisotopic (exact) mass is 401 g/mol. The van der Waals surface area contributed by atoms with E-state index < -0.39 is 18.0 Å². The van der Waals surface area contributed by atoms with Crippen LogP contribution in [0.2, 0.25) is 0 Å². The largest absolute Gasteiger partial charge is 0.452 e. The molecule has 1 unspecified atom stereocenters. The van der Waals surface area contributed by atoms with E-state index in [9.17, 15) is 14.4 Å². The van der Waals surface area contributed by atoms with Gasteiger partial charge in [-0.25, -0.2) is 0 Å². The van der Waals surface area contributed by atoms with E-state index in [1.807, 2.05) is 54.6 Å². The van der Waals surface area contributed by atoms with Gasteiger partial charge < -0.3 is 10.1 Å². The molecule has 0 aliphatic heterocycles. The smallest absolute Gasteiger partial charge is 0.311 e. The predicted octanol–water partition coefficient (Wildman–Crippen LogP) is 4.67. The zero-order valence-electron chi connectivity index (χ0n) is 16.9. The molecular weight excluding hydrogens is 378 g/mol. The number of Topliss-reactive ketones (excluding diaryl/α,β-unsaturated/α-hetero) is 1. The normalized spacial score (nSPS) is 11.4. The van der Waals surface area contributed by atoms with Gasteiger partial charge in [0, 0.05) is 11.3 Å². The molecule has 0 heterocycles. The molecule has 0 fully saturated rings. The fourth-order valence-corrected chi connectivity index (χ4v) is 2.94. The topological polar surface area (TPSA) is 72.5 Å². The van der Waals surface area contributed by atoms with Crippen LogP contribution in [0.4, 0.5) is 5.69 Å². The third-order valence-electron chi connectivity index (χ3n) is 4.65. The Hall–Kier alpha value is -3.73.